The van der Waals surface area contributed by atoms with Gasteiger partial charge >= 0.3 is 0 Å². The summed E-state index contributed by atoms with van der Waals surface area (Å²) in [4.78, 5) is 23.6. The summed E-state index contributed by atoms with van der Waals surface area (Å²) in [6, 6.07) is 0.309. The fraction of sp³-hybridized carbons (Fsp3) is 0.636. The normalized spacial score (nSPS) is 17.3. The molecule has 8 heteroatoms. The topological polar surface area (TPSA) is 120 Å². The molecule has 1 heterocycles. The van der Waals surface area contributed by atoms with Crippen molar-refractivity contribution >= 4 is 29.6 Å². The van der Waals surface area contributed by atoms with E-state index in [-0.39, 0.29) is 23.1 Å². The van der Waals surface area contributed by atoms with Gasteiger partial charge in [0.25, 0.3) is 0 Å². The zero-order valence-corrected chi connectivity index (χ0v) is 11.6. The molecule has 1 unspecified atom stereocenters. The first-order valence-corrected chi connectivity index (χ1v) is 7.16. The molecule has 1 aromatic rings. The average molecular weight is 282 g/mol. The molecule has 0 radical (unpaired) electrons. The van der Waals surface area contributed by atoms with Gasteiger partial charge in [-0.1, -0.05) is 24.6 Å². The molecule has 1 saturated carbocycles. The maximum atomic E-state index is 12.0. The van der Waals surface area contributed by atoms with Crippen LogP contribution in [0.4, 0.5) is 11.9 Å². The number of carbonyl (C=O) groups is 1. The molecule has 0 aliphatic heterocycles. The van der Waals surface area contributed by atoms with Crippen molar-refractivity contribution in [3.8, 4) is 0 Å². The predicted octanol–water partition coefficient (Wildman–Crippen LogP) is 0.575. The van der Waals surface area contributed by atoms with E-state index in [9.17, 15) is 4.79 Å². The van der Waals surface area contributed by atoms with Crippen molar-refractivity contribution in [3.63, 3.8) is 0 Å². The number of thioether (sulfide) groups is 1. The largest absolute Gasteiger partial charge is 0.368 e. The third-order valence-corrected chi connectivity index (χ3v) is 3.96. The molecular formula is C11H18N6OS. The highest BCUT2D eigenvalue weighted by Gasteiger charge is 2.22. The summed E-state index contributed by atoms with van der Waals surface area (Å²) in [5.74, 6) is 0.131. The molecule has 1 aliphatic carbocycles. The van der Waals surface area contributed by atoms with E-state index in [1.54, 1.807) is 0 Å². The third kappa shape index (κ3) is 3.95. The molecule has 1 atom stereocenters. The van der Waals surface area contributed by atoms with Crippen LogP contribution in [0.15, 0.2) is 5.16 Å². The van der Waals surface area contributed by atoms with Crippen LogP contribution in [-0.2, 0) is 4.79 Å². The van der Waals surface area contributed by atoms with E-state index in [1.807, 2.05) is 6.92 Å². The van der Waals surface area contributed by atoms with E-state index in [0.717, 1.165) is 12.8 Å². The fourth-order valence-corrected chi connectivity index (χ4v) is 2.83. The molecule has 0 saturated heterocycles. The van der Waals surface area contributed by atoms with Crippen molar-refractivity contribution < 1.29 is 4.79 Å². The van der Waals surface area contributed by atoms with Gasteiger partial charge in [0.2, 0.25) is 17.8 Å². The first-order chi connectivity index (χ1) is 9.04. The Hall–Kier alpha value is -1.57. The Balaban J connectivity index is 1.91. The Labute approximate surface area is 116 Å². The van der Waals surface area contributed by atoms with Crippen molar-refractivity contribution in [1.29, 1.82) is 0 Å². The second-order valence-corrected chi connectivity index (χ2v) is 5.89. The van der Waals surface area contributed by atoms with Gasteiger partial charge in [0.05, 0.1) is 5.25 Å². The third-order valence-electron chi connectivity index (χ3n) is 3.00. The lowest BCUT2D eigenvalue weighted by Gasteiger charge is -2.15. The van der Waals surface area contributed by atoms with Gasteiger partial charge in [0.1, 0.15) is 0 Å². The van der Waals surface area contributed by atoms with Crippen molar-refractivity contribution in [1.82, 2.24) is 20.3 Å². The van der Waals surface area contributed by atoms with Crippen molar-refractivity contribution in [2.75, 3.05) is 11.5 Å². The minimum atomic E-state index is -0.290. The highest BCUT2D eigenvalue weighted by molar-refractivity contribution is 8.00. The van der Waals surface area contributed by atoms with Crippen LogP contribution in [0.25, 0.3) is 0 Å². The van der Waals surface area contributed by atoms with Crippen molar-refractivity contribution in [2.24, 2.45) is 0 Å². The summed E-state index contributed by atoms with van der Waals surface area (Å²) in [7, 11) is 0. The van der Waals surface area contributed by atoms with Crippen LogP contribution < -0.4 is 16.8 Å². The number of carbonyl (C=O) groups excluding carboxylic acids is 1. The van der Waals surface area contributed by atoms with Gasteiger partial charge in [0, 0.05) is 6.04 Å². The Bertz CT molecular complexity index is 442. The number of hydrogen-bond donors (Lipinski definition) is 3. The molecule has 0 aromatic carbocycles. The lowest BCUT2D eigenvalue weighted by molar-refractivity contribution is -0.120. The van der Waals surface area contributed by atoms with Crippen molar-refractivity contribution in [2.45, 2.75) is 49.1 Å². The molecule has 0 spiro atoms. The first-order valence-electron chi connectivity index (χ1n) is 6.28. The summed E-state index contributed by atoms with van der Waals surface area (Å²) >= 11 is 1.23. The van der Waals surface area contributed by atoms with Gasteiger partial charge < -0.3 is 16.8 Å². The van der Waals surface area contributed by atoms with Gasteiger partial charge in [0.15, 0.2) is 5.16 Å². The van der Waals surface area contributed by atoms with Crippen molar-refractivity contribution in [3.05, 3.63) is 0 Å². The van der Waals surface area contributed by atoms with Gasteiger partial charge in [-0.15, -0.1) is 0 Å². The minimum Gasteiger partial charge on any atom is -0.368 e. The summed E-state index contributed by atoms with van der Waals surface area (Å²) < 4.78 is 0. The average Bonchev–Trinajstić information content (AvgIpc) is 2.80. The molecule has 1 aliphatic rings. The molecule has 7 nitrogen and oxygen atoms in total. The first kappa shape index (κ1) is 13.9. The summed E-state index contributed by atoms with van der Waals surface area (Å²) in [6.07, 6.45) is 4.50. The number of nitrogen functional groups attached to an aromatic ring is 2. The number of nitrogens with two attached hydrogens (primary N) is 2. The number of nitrogens with zero attached hydrogens (tertiary/aromatic N) is 3. The molecule has 0 bridgehead atoms. The summed E-state index contributed by atoms with van der Waals surface area (Å²) in [6.45, 7) is 1.81. The lowest BCUT2D eigenvalue weighted by atomic mass is 10.2. The van der Waals surface area contributed by atoms with Crippen LogP contribution in [0.1, 0.15) is 32.6 Å². The Morgan fingerprint density at radius 1 is 1.26 bits per heavy atom. The SMILES string of the molecule is CC(Sc1nc(N)nc(N)n1)C(=O)NC1CCCC1. The predicted molar refractivity (Wildman–Crippen MR) is 74.4 cm³/mol. The van der Waals surface area contributed by atoms with E-state index in [4.69, 9.17) is 11.5 Å². The van der Waals surface area contributed by atoms with Gasteiger partial charge in [-0.05, 0) is 19.8 Å². The molecule has 2 rings (SSSR count). The van der Waals surface area contributed by atoms with E-state index in [0.29, 0.717) is 11.2 Å². The Morgan fingerprint density at radius 2 is 1.84 bits per heavy atom. The second kappa shape index (κ2) is 6.05. The quantitative estimate of drug-likeness (QED) is 0.691. The molecule has 1 fully saturated rings. The summed E-state index contributed by atoms with van der Waals surface area (Å²) in [5, 5.41) is 3.12. The standard InChI is InChI=1S/C11H18N6OS/c1-6(8(18)14-7-4-2-3-5-7)19-11-16-9(12)15-10(13)17-11/h6-7H,2-5H2,1H3,(H,14,18)(H4,12,13,15,16,17). The molecule has 1 aromatic heterocycles. The molecule has 104 valence electrons. The molecule has 5 N–H and O–H groups in total. The molecule has 1 amide bonds. The monoisotopic (exact) mass is 282 g/mol. The minimum absolute atomic E-state index is 0.00513. The van der Waals surface area contributed by atoms with E-state index < -0.39 is 0 Å². The second-order valence-electron chi connectivity index (χ2n) is 4.58. The summed E-state index contributed by atoms with van der Waals surface area (Å²) in [5.41, 5.74) is 11.0. The number of nitrogens with one attached hydrogen (secondary N) is 1. The Morgan fingerprint density at radius 3 is 2.42 bits per heavy atom. The number of anilines is 2. The van der Waals surface area contributed by atoms with Crippen LogP contribution in [0.2, 0.25) is 0 Å². The zero-order chi connectivity index (χ0) is 13.8. The van der Waals surface area contributed by atoms with E-state index in [2.05, 4.69) is 20.3 Å². The van der Waals surface area contributed by atoms with E-state index >= 15 is 0 Å². The van der Waals surface area contributed by atoms with Crippen LogP contribution in [0.5, 0.6) is 0 Å². The van der Waals surface area contributed by atoms with Crippen LogP contribution >= 0.6 is 11.8 Å². The van der Waals surface area contributed by atoms with Gasteiger partial charge in [-0.25, -0.2) is 0 Å². The van der Waals surface area contributed by atoms with Gasteiger partial charge in [-0.2, -0.15) is 15.0 Å². The Kier molecular flexibility index (Phi) is 4.41. The smallest absolute Gasteiger partial charge is 0.233 e. The molecule has 19 heavy (non-hydrogen) atoms. The maximum Gasteiger partial charge on any atom is 0.233 e. The van der Waals surface area contributed by atoms with E-state index in [1.165, 1.54) is 24.6 Å². The van der Waals surface area contributed by atoms with Crippen LogP contribution in [0.3, 0.4) is 0 Å². The highest BCUT2D eigenvalue weighted by atomic mass is 32.2. The van der Waals surface area contributed by atoms with Crippen LogP contribution in [0, 0.1) is 0 Å². The number of rotatable bonds is 4. The zero-order valence-electron chi connectivity index (χ0n) is 10.8. The van der Waals surface area contributed by atoms with Gasteiger partial charge in [-0.3, -0.25) is 4.79 Å². The molecular weight excluding hydrogens is 264 g/mol. The number of hydrogen-bond acceptors (Lipinski definition) is 7. The highest BCUT2D eigenvalue weighted by Crippen LogP contribution is 2.22. The fourth-order valence-electron chi connectivity index (χ4n) is 2.04. The van der Waals surface area contributed by atoms with Crippen LogP contribution in [-0.4, -0.2) is 32.2 Å². The lowest BCUT2D eigenvalue weighted by Crippen LogP contribution is -2.37. The number of aromatic nitrogens is 3. The number of amides is 1. The maximum absolute atomic E-state index is 12.0.